The van der Waals surface area contributed by atoms with Crippen LogP contribution in [0.25, 0.3) is 0 Å². The molecule has 3 N–H and O–H groups in total. The zero-order chi connectivity index (χ0) is 20.2. The first-order valence-electron chi connectivity index (χ1n) is 8.69. The van der Waals surface area contributed by atoms with E-state index in [2.05, 4.69) is 10.6 Å². The molecule has 2 aromatic carbocycles. The van der Waals surface area contributed by atoms with Gasteiger partial charge in [0.2, 0.25) is 0 Å². The molecule has 0 fully saturated rings. The highest BCUT2D eigenvalue weighted by Crippen LogP contribution is 2.02. The van der Waals surface area contributed by atoms with Crippen LogP contribution in [0, 0.1) is 0 Å². The van der Waals surface area contributed by atoms with Crippen LogP contribution in [0.1, 0.15) is 17.5 Å². The third kappa shape index (κ3) is 7.77. The Morgan fingerprint density at radius 3 is 1.82 bits per heavy atom. The maximum atomic E-state index is 11.8. The molecule has 0 aliphatic rings. The van der Waals surface area contributed by atoms with Gasteiger partial charge in [0.25, 0.3) is 0 Å². The van der Waals surface area contributed by atoms with Crippen molar-refractivity contribution < 1.29 is 29.0 Å². The number of hydrogen-bond acceptors (Lipinski definition) is 5. The predicted octanol–water partition coefficient (Wildman–Crippen LogP) is 2.68. The molecule has 8 nitrogen and oxygen atoms in total. The fraction of sp³-hybridized carbons (Fsp3) is 0.250. The van der Waals surface area contributed by atoms with E-state index in [-0.39, 0.29) is 26.2 Å². The number of carboxylic acid groups (broad SMARTS) is 1. The molecule has 1 atom stereocenters. The average Bonchev–Trinajstić information content (AvgIpc) is 2.71. The van der Waals surface area contributed by atoms with Gasteiger partial charge in [0.1, 0.15) is 19.3 Å². The van der Waals surface area contributed by atoms with E-state index >= 15 is 0 Å². The number of ether oxygens (including phenoxy) is 2. The Morgan fingerprint density at radius 1 is 0.821 bits per heavy atom. The first-order chi connectivity index (χ1) is 13.5. The van der Waals surface area contributed by atoms with Gasteiger partial charge in [-0.3, -0.25) is 0 Å². The molecule has 148 valence electrons. The minimum Gasteiger partial charge on any atom is -0.480 e. The van der Waals surface area contributed by atoms with Crippen molar-refractivity contribution in [3.63, 3.8) is 0 Å². The fourth-order valence-corrected chi connectivity index (χ4v) is 2.26. The number of aliphatic carboxylic acids is 1. The molecule has 0 radical (unpaired) electrons. The predicted molar refractivity (Wildman–Crippen MR) is 100 cm³/mol. The van der Waals surface area contributed by atoms with Crippen LogP contribution in [0.15, 0.2) is 60.7 Å². The van der Waals surface area contributed by atoms with Crippen molar-refractivity contribution in [1.82, 2.24) is 10.6 Å². The second-order valence-corrected chi connectivity index (χ2v) is 5.87. The largest absolute Gasteiger partial charge is 0.480 e. The van der Waals surface area contributed by atoms with E-state index in [0.717, 1.165) is 11.1 Å². The van der Waals surface area contributed by atoms with Gasteiger partial charge in [0.05, 0.1) is 0 Å². The van der Waals surface area contributed by atoms with E-state index in [1.54, 1.807) is 24.3 Å². The Morgan fingerprint density at radius 2 is 1.32 bits per heavy atom. The molecular formula is C20H22N2O6. The lowest BCUT2D eigenvalue weighted by Gasteiger charge is -2.15. The minimum atomic E-state index is -1.23. The molecule has 28 heavy (non-hydrogen) atoms. The summed E-state index contributed by atoms with van der Waals surface area (Å²) >= 11 is 0. The topological polar surface area (TPSA) is 114 Å². The lowest BCUT2D eigenvalue weighted by molar-refractivity contribution is -0.139. The van der Waals surface area contributed by atoms with Crippen molar-refractivity contribution in [2.45, 2.75) is 25.7 Å². The molecule has 0 bridgehead atoms. The number of carbonyl (C=O) groups excluding carboxylic acids is 2. The normalized spacial score (nSPS) is 11.1. The van der Waals surface area contributed by atoms with E-state index in [4.69, 9.17) is 9.47 Å². The summed E-state index contributed by atoms with van der Waals surface area (Å²) in [4.78, 5) is 34.7. The van der Waals surface area contributed by atoms with Gasteiger partial charge in [-0.2, -0.15) is 0 Å². The third-order valence-corrected chi connectivity index (χ3v) is 3.72. The number of hydrogen-bond donors (Lipinski definition) is 3. The monoisotopic (exact) mass is 386 g/mol. The average molecular weight is 386 g/mol. The number of nitrogens with one attached hydrogen (secondary N) is 2. The van der Waals surface area contributed by atoms with Crippen molar-refractivity contribution in [2.24, 2.45) is 0 Å². The van der Waals surface area contributed by atoms with Crippen molar-refractivity contribution in [2.75, 3.05) is 6.54 Å². The van der Waals surface area contributed by atoms with Crippen LogP contribution in [0.3, 0.4) is 0 Å². The zero-order valence-electron chi connectivity index (χ0n) is 15.2. The van der Waals surface area contributed by atoms with Crippen LogP contribution >= 0.6 is 0 Å². The second-order valence-electron chi connectivity index (χ2n) is 5.87. The standard InChI is InChI=1S/C20H22N2O6/c23-18(24)17(22-20(26)28-14-16-9-5-2-6-10-16)11-12-21-19(25)27-13-15-7-3-1-4-8-15/h1-10,17H,11-14H2,(H,21,25)(H,22,26)(H,23,24). The lowest BCUT2D eigenvalue weighted by atomic mass is 10.2. The van der Waals surface area contributed by atoms with Crippen molar-refractivity contribution in [1.29, 1.82) is 0 Å². The Bertz CT molecular complexity index is 767. The van der Waals surface area contributed by atoms with Crippen LogP contribution in [-0.4, -0.2) is 35.8 Å². The number of carboxylic acids is 1. The van der Waals surface area contributed by atoms with E-state index in [1.807, 2.05) is 36.4 Å². The smallest absolute Gasteiger partial charge is 0.408 e. The molecule has 0 aromatic heterocycles. The number of carbonyl (C=O) groups is 3. The number of rotatable bonds is 9. The molecule has 2 amide bonds. The van der Waals surface area contributed by atoms with Crippen molar-refractivity contribution >= 4 is 18.2 Å². The Labute approximate surface area is 162 Å². The summed E-state index contributed by atoms with van der Waals surface area (Å²) in [6.07, 6.45) is -1.53. The van der Waals surface area contributed by atoms with E-state index in [9.17, 15) is 19.5 Å². The minimum absolute atomic E-state index is 0.0174. The maximum Gasteiger partial charge on any atom is 0.408 e. The summed E-state index contributed by atoms with van der Waals surface area (Å²) in [6, 6.07) is 17.0. The van der Waals surface area contributed by atoms with Crippen molar-refractivity contribution in [3.8, 4) is 0 Å². The van der Waals surface area contributed by atoms with Crippen LogP contribution in [0.2, 0.25) is 0 Å². The molecule has 0 aliphatic carbocycles. The molecule has 2 rings (SSSR count). The summed E-state index contributed by atoms with van der Waals surface area (Å²) < 4.78 is 10.0. The summed E-state index contributed by atoms with van der Waals surface area (Å²) in [5, 5.41) is 13.9. The van der Waals surface area contributed by atoms with Gasteiger partial charge in [0, 0.05) is 6.54 Å². The number of benzene rings is 2. The van der Waals surface area contributed by atoms with Gasteiger partial charge in [-0.05, 0) is 17.5 Å². The Kier molecular flexibility index (Phi) is 8.32. The van der Waals surface area contributed by atoms with Gasteiger partial charge in [-0.15, -0.1) is 0 Å². The van der Waals surface area contributed by atoms with Gasteiger partial charge in [-0.25, -0.2) is 14.4 Å². The molecule has 8 heteroatoms. The highest BCUT2D eigenvalue weighted by atomic mass is 16.6. The molecular weight excluding hydrogens is 364 g/mol. The molecule has 1 unspecified atom stereocenters. The molecule has 0 spiro atoms. The van der Waals surface area contributed by atoms with E-state index < -0.39 is 24.2 Å². The number of amides is 2. The Hall–Kier alpha value is -3.55. The van der Waals surface area contributed by atoms with Crippen molar-refractivity contribution in [3.05, 3.63) is 71.8 Å². The van der Waals surface area contributed by atoms with Gasteiger partial charge in [-0.1, -0.05) is 60.7 Å². The maximum absolute atomic E-state index is 11.8. The summed E-state index contributed by atoms with van der Waals surface area (Å²) in [6.45, 7) is 0.158. The first-order valence-corrected chi connectivity index (χ1v) is 8.69. The van der Waals surface area contributed by atoms with E-state index in [1.165, 1.54) is 0 Å². The highest BCUT2D eigenvalue weighted by Gasteiger charge is 2.20. The van der Waals surface area contributed by atoms with Crippen LogP contribution in [0.4, 0.5) is 9.59 Å². The van der Waals surface area contributed by atoms with Crippen LogP contribution < -0.4 is 10.6 Å². The van der Waals surface area contributed by atoms with Gasteiger partial charge < -0.3 is 25.2 Å². The first kappa shape index (κ1) is 20.8. The van der Waals surface area contributed by atoms with E-state index in [0.29, 0.717) is 0 Å². The SMILES string of the molecule is O=C(NCCC(NC(=O)OCc1ccccc1)C(=O)O)OCc1ccccc1. The van der Waals surface area contributed by atoms with Crippen LogP contribution in [-0.2, 0) is 27.5 Å². The lowest BCUT2D eigenvalue weighted by Crippen LogP contribution is -2.43. The molecule has 2 aromatic rings. The molecule has 0 saturated heterocycles. The summed E-state index contributed by atoms with van der Waals surface area (Å²) in [5.41, 5.74) is 1.62. The summed E-state index contributed by atoms with van der Waals surface area (Å²) in [7, 11) is 0. The van der Waals surface area contributed by atoms with Gasteiger partial charge >= 0.3 is 18.2 Å². The molecule has 0 saturated carbocycles. The highest BCUT2D eigenvalue weighted by molar-refractivity contribution is 5.80. The third-order valence-electron chi connectivity index (χ3n) is 3.72. The number of alkyl carbamates (subject to hydrolysis) is 2. The second kappa shape index (κ2) is 11.2. The Balaban J connectivity index is 1.68. The summed E-state index contributed by atoms with van der Waals surface area (Å²) in [5.74, 6) is -1.23. The molecule has 0 aliphatic heterocycles. The van der Waals surface area contributed by atoms with Crippen LogP contribution in [0.5, 0.6) is 0 Å². The quantitative estimate of drug-likeness (QED) is 0.611. The zero-order valence-corrected chi connectivity index (χ0v) is 15.2. The molecule has 0 heterocycles. The van der Waals surface area contributed by atoms with Gasteiger partial charge in [0.15, 0.2) is 0 Å². The fourth-order valence-electron chi connectivity index (χ4n) is 2.26.